The van der Waals surface area contributed by atoms with Gasteiger partial charge in [-0.3, -0.25) is 9.13 Å². The van der Waals surface area contributed by atoms with Gasteiger partial charge in [-0.2, -0.15) is 0 Å². The van der Waals surface area contributed by atoms with Crippen molar-refractivity contribution in [2.45, 2.75) is 46.9 Å². The summed E-state index contributed by atoms with van der Waals surface area (Å²) in [5.41, 5.74) is 0. The first-order valence-corrected chi connectivity index (χ1v) is 10.3. The average Bonchev–Trinajstić information content (AvgIpc) is 2.28. The predicted octanol–water partition coefficient (Wildman–Crippen LogP) is 4.50. The van der Waals surface area contributed by atoms with Gasteiger partial charge in [-0.05, 0) is 33.6 Å². The number of hydrogen-bond donors (Lipinski definition) is 0. The molecule has 0 amide bonds. The molecule has 8 heteroatoms. The van der Waals surface area contributed by atoms with Crippen LogP contribution in [-0.2, 0) is 27.2 Å². The zero-order valence-corrected chi connectivity index (χ0v) is 15.1. The first-order valence-electron chi connectivity index (χ1n) is 7.08. The van der Waals surface area contributed by atoms with Crippen LogP contribution in [0.15, 0.2) is 0 Å². The Hall–Kier alpha value is 0.300. The van der Waals surface area contributed by atoms with Gasteiger partial charge in [0.05, 0.1) is 26.4 Å². The lowest BCUT2D eigenvalue weighted by Crippen LogP contribution is -2.22. The lowest BCUT2D eigenvalue weighted by molar-refractivity contribution is 0.188. The summed E-state index contributed by atoms with van der Waals surface area (Å²) in [7, 11) is -7.16. The highest BCUT2D eigenvalue weighted by molar-refractivity contribution is 7.72. The van der Waals surface area contributed by atoms with Gasteiger partial charge in [0.2, 0.25) is 0 Å². The van der Waals surface area contributed by atoms with E-state index in [1.165, 1.54) is 0 Å². The predicted molar refractivity (Wildman–Crippen MR) is 80.3 cm³/mol. The van der Waals surface area contributed by atoms with Gasteiger partial charge in [0, 0.05) is 0 Å². The van der Waals surface area contributed by atoms with E-state index in [2.05, 4.69) is 0 Å². The van der Waals surface area contributed by atoms with Crippen molar-refractivity contribution in [2.75, 3.05) is 26.4 Å². The van der Waals surface area contributed by atoms with Gasteiger partial charge >= 0.3 is 15.2 Å². The van der Waals surface area contributed by atoms with Crippen molar-refractivity contribution in [2.24, 2.45) is 5.92 Å². The van der Waals surface area contributed by atoms with E-state index in [0.717, 1.165) is 0 Å². The third-order valence-corrected chi connectivity index (χ3v) is 9.14. The summed E-state index contributed by atoms with van der Waals surface area (Å²) in [5.74, 6) is -0.233. The van der Waals surface area contributed by atoms with E-state index in [4.69, 9.17) is 18.1 Å². The molecule has 6 nitrogen and oxygen atoms in total. The van der Waals surface area contributed by atoms with Crippen LogP contribution in [0.25, 0.3) is 0 Å². The van der Waals surface area contributed by atoms with Gasteiger partial charge in [0.15, 0.2) is 5.40 Å². The number of hydrogen-bond acceptors (Lipinski definition) is 6. The van der Waals surface area contributed by atoms with E-state index in [1.54, 1.807) is 41.5 Å². The van der Waals surface area contributed by atoms with Crippen molar-refractivity contribution in [3.05, 3.63) is 0 Å². The molecule has 0 spiro atoms. The molecule has 0 radical (unpaired) electrons. The van der Waals surface area contributed by atoms with Crippen LogP contribution in [-0.4, -0.2) is 31.8 Å². The van der Waals surface area contributed by atoms with Gasteiger partial charge in [-0.15, -0.1) is 0 Å². The maximum Gasteiger partial charge on any atom is 0.346 e. The molecule has 0 unspecified atom stereocenters. The third-order valence-electron chi connectivity index (χ3n) is 2.48. The molecule has 0 heterocycles. The van der Waals surface area contributed by atoms with Gasteiger partial charge < -0.3 is 18.1 Å². The molecule has 20 heavy (non-hydrogen) atoms. The van der Waals surface area contributed by atoms with Crippen molar-refractivity contribution in [1.82, 2.24) is 0 Å². The molecular formula is C12H28O6P2. The van der Waals surface area contributed by atoms with Gasteiger partial charge in [0.1, 0.15) is 0 Å². The molecule has 0 bridgehead atoms. The second-order valence-corrected chi connectivity index (χ2v) is 9.12. The summed E-state index contributed by atoms with van der Waals surface area (Å²) >= 11 is 0. The molecule has 0 atom stereocenters. The van der Waals surface area contributed by atoms with Crippen LogP contribution in [0.2, 0.25) is 0 Å². The first kappa shape index (κ1) is 20.3. The Balaban J connectivity index is 5.67. The maximum absolute atomic E-state index is 13.0. The van der Waals surface area contributed by atoms with Crippen molar-refractivity contribution in [1.29, 1.82) is 0 Å². The van der Waals surface area contributed by atoms with Crippen LogP contribution in [0.5, 0.6) is 0 Å². The second-order valence-electron chi connectivity index (χ2n) is 4.41. The van der Waals surface area contributed by atoms with Crippen molar-refractivity contribution >= 4 is 15.2 Å². The molecule has 0 aromatic heterocycles. The second kappa shape index (κ2) is 9.34. The quantitative estimate of drug-likeness (QED) is 0.519. The van der Waals surface area contributed by atoms with Crippen LogP contribution >= 0.6 is 15.2 Å². The Morgan fingerprint density at radius 1 is 0.700 bits per heavy atom. The van der Waals surface area contributed by atoms with Crippen molar-refractivity contribution < 1.29 is 27.2 Å². The molecule has 0 saturated heterocycles. The summed E-state index contributed by atoms with van der Waals surface area (Å²) in [6.07, 6.45) is 0. The van der Waals surface area contributed by atoms with E-state index in [1.807, 2.05) is 0 Å². The fraction of sp³-hybridized carbons (Fsp3) is 1.00. The Morgan fingerprint density at radius 2 is 0.950 bits per heavy atom. The molecule has 122 valence electrons. The van der Waals surface area contributed by atoms with Crippen molar-refractivity contribution in [3.63, 3.8) is 0 Å². The van der Waals surface area contributed by atoms with Crippen molar-refractivity contribution in [3.8, 4) is 0 Å². The Morgan fingerprint density at radius 3 is 1.10 bits per heavy atom. The summed E-state index contributed by atoms with van der Waals surface area (Å²) < 4.78 is 47.3. The molecule has 0 aromatic rings. The minimum absolute atomic E-state index is 0.207. The molecule has 0 rings (SSSR count). The lowest BCUT2D eigenvalue weighted by Gasteiger charge is -2.33. The lowest BCUT2D eigenvalue weighted by atomic mass is 10.3. The van der Waals surface area contributed by atoms with Gasteiger partial charge in [-0.25, -0.2) is 0 Å². The zero-order chi connectivity index (χ0) is 15.8. The minimum atomic E-state index is -3.58. The summed E-state index contributed by atoms with van der Waals surface area (Å²) in [4.78, 5) is 0. The maximum atomic E-state index is 13.0. The highest BCUT2D eigenvalue weighted by Crippen LogP contribution is 2.72. The Kier molecular flexibility index (Phi) is 9.48. The van der Waals surface area contributed by atoms with E-state index in [0.29, 0.717) is 0 Å². The van der Waals surface area contributed by atoms with Crippen LogP contribution in [0, 0.1) is 5.92 Å². The first-order chi connectivity index (χ1) is 9.31. The standard InChI is InChI=1S/C12H28O6P2/c1-7-15-19(13,16-8-2)12(11(5)6)20(14,17-9-3)18-10-4/h11-12H,7-10H2,1-6H3. The molecule has 0 aliphatic carbocycles. The molecule has 0 aliphatic rings. The van der Waals surface area contributed by atoms with Gasteiger partial charge in [-0.1, -0.05) is 13.8 Å². The highest BCUT2D eigenvalue weighted by atomic mass is 31.2. The number of rotatable bonds is 11. The molecule has 0 fully saturated rings. The minimum Gasteiger partial charge on any atom is -0.308 e. The summed E-state index contributed by atoms with van der Waals surface area (Å²) in [6, 6.07) is 0. The van der Waals surface area contributed by atoms with E-state index >= 15 is 0 Å². The summed E-state index contributed by atoms with van der Waals surface area (Å²) in [6.45, 7) is 11.3. The Bertz CT molecular complexity index is 308. The van der Waals surface area contributed by atoms with E-state index < -0.39 is 20.6 Å². The highest BCUT2D eigenvalue weighted by Gasteiger charge is 2.52. The largest absolute Gasteiger partial charge is 0.346 e. The molecule has 0 saturated carbocycles. The SMILES string of the molecule is CCOP(=O)(OCC)C(C(C)C)P(=O)(OCC)OCC. The monoisotopic (exact) mass is 330 g/mol. The Labute approximate surface area is 122 Å². The fourth-order valence-corrected chi connectivity index (χ4v) is 7.85. The van der Waals surface area contributed by atoms with Gasteiger partial charge in [0.25, 0.3) is 0 Å². The zero-order valence-electron chi connectivity index (χ0n) is 13.3. The topological polar surface area (TPSA) is 71.1 Å². The summed E-state index contributed by atoms with van der Waals surface area (Å²) in [5, 5.41) is -0.921. The van der Waals surface area contributed by atoms with Crippen LogP contribution in [0.3, 0.4) is 0 Å². The molecule has 0 N–H and O–H groups in total. The van der Waals surface area contributed by atoms with E-state index in [-0.39, 0.29) is 32.3 Å². The van der Waals surface area contributed by atoms with Crippen LogP contribution < -0.4 is 0 Å². The van der Waals surface area contributed by atoms with E-state index in [9.17, 15) is 9.13 Å². The molecular weight excluding hydrogens is 302 g/mol. The molecule has 0 aromatic carbocycles. The average molecular weight is 330 g/mol. The molecule has 0 aliphatic heterocycles. The van der Waals surface area contributed by atoms with Crippen LogP contribution in [0.4, 0.5) is 0 Å². The van der Waals surface area contributed by atoms with Crippen LogP contribution in [0.1, 0.15) is 41.5 Å². The normalized spacial score (nSPS) is 13.4. The fourth-order valence-electron chi connectivity index (χ4n) is 2.00. The third kappa shape index (κ3) is 5.25. The smallest absolute Gasteiger partial charge is 0.308 e.